The van der Waals surface area contributed by atoms with Crippen LogP contribution in [-0.2, 0) is 20.7 Å². The zero-order chi connectivity index (χ0) is 16.8. The molecule has 6 nitrogen and oxygen atoms in total. The van der Waals surface area contributed by atoms with Crippen molar-refractivity contribution in [3.05, 3.63) is 35.4 Å². The number of hydrogen-bond donors (Lipinski definition) is 2. The van der Waals surface area contributed by atoms with E-state index >= 15 is 0 Å². The Morgan fingerprint density at radius 3 is 2.74 bits per heavy atom. The van der Waals surface area contributed by atoms with E-state index in [-0.39, 0.29) is 36.1 Å². The average molecular weight is 321 g/mol. The maximum atomic E-state index is 12.1. The molecule has 0 aliphatic heterocycles. The first-order valence-electron chi connectivity index (χ1n) is 7.81. The SMILES string of the molecule is CCOC1CC(NC(=O)CCc2ccccc2C(=O)O)C1OC. The van der Waals surface area contributed by atoms with Gasteiger partial charge in [0.2, 0.25) is 5.91 Å². The first-order chi connectivity index (χ1) is 11.1. The van der Waals surface area contributed by atoms with E-state index in [2.05, 4.69) is 5.32 Å². The predicted molar refractivity (Wildman–Crippen MR) is 84.5 cm³/mol. The highest BCUT2D eigenvalue weighted by Gasteiger charge is 2.42. The highest BCUT2D eigenvalue weighted by atomic mass is 16.5. The zero-order valence-corrected chi connectivity index (χ0v) is 13.5. The van der Waals surface area contributed by atoms with Crippen LogP contribution in [0.1, 0.15) is 35.7 Å². The lowest BCUT2D eigenvalue weighted by Crippen LogP contribution is -2.61. The van der Waals surface area contributed by atoms with Crippen LogP contribution >= 0.6 is 0 Å². The Hall–Kier alpha value is -1.92. The van der Waals surface area contributed by atoms with Crippen LogP contribution in [0.2, 0.25) is 0 Å². The molecule has 1 fully saturated rings. The lowest BCUT2D eigenvalue weighted by Gasteiger charge is -2.43. The van der Waals surface area contributed by atoms with Crippen molar-refractivity contribution in [2.75, 3.05) is 13.7 Å². The lowest BCUT2D eigenvalue weighted by molar-refractivity contribution is -0.143. The highest BCUT2D eigenvalue weighted by molar-refractivity contribution is 5.89. The molecule has 1 amide bonds. The second-order valence-corrected chi connectivity index (χ2v) is 5.57. The number of carboxylic acid groups (broad SMARTS) is 1. The fourth-order valence-corrected chi connectivity index (χ4v) is 2.89. The van der Waals surface area contributed by atoms with Crippen LogP contribution in [0.5, 0.6) is 0 Å². The monoisotopic (exact) mass is 321 g/mol. The molecule has 0 saturated heterocycles. The van der Waals surface area contributed by atoms with E-state index in [0.717, 1.165) is 6.42 Å². The first kappa shape index (κ1) is 17.4. The van der Waals surface area contributed by atoms with Gasteiger partial charge in [0, 0.05) is 20.1 Å². The molecule has 23 heavy (non-hydrogen) atoms. The predicted octanol–water partition coefficient (Wildman–Crippen LogP) is 1.63. The second kappa shape index (κ2) is 8.08. The van der Waals surface area contributed by atoms with Crippen molar-refractivity contribution in [2.24, 2.45) is 0 Å². The van der Waals surface area contributed by atoms with Gasteiger partial charge in [-0.25, -0.2) is 4.79 Å². The standard InChI is InChI=1S/C17H23NO5/c1-3-23-14-10-13(16(14)22-2)18-15(19)9-8-11-6-4-5-7-12(11)17(20)21/h4-7,13-14,16H,3,8-10H2,1-2H3,(H,18,19)(H,20,21). The molecule has 1 aliphatic carbocycles. The van der Waals surface area contributed by atoms with Gasteiger partial charge in [-0.1, -0.05) is 18.2 Å². The molecule has 0 radical (unpaired) electrons. The summed E-state index contributed by atoms with van der Waals surface area (Å²) in [5.41, 5.74) is 0.911. The van der Waals surface area contributed by atoms with Crippen molar-refractivity contribution in [3.8, 4) is 0 Å². The zero-order valence-electron chi connectivity index (χ0n) is 13.5. The Balaban J connectivity index is 1.83. The number of methoxy groups -OCH3 is 1. The number of rotatable bonds is 8. The van der Waals surface area contributed by atoms with E-state index in [9.17, 15) is 9.59 Å². The smallest absolute Gasteiger partial charge is 0.335 e. The summed E-state index contributed by atoms with van der Waals surface area (Å²) in [5.74, 6) is -1.08. The third kappa shape index (κ3) is 4.30. The third-order valence-corrected chi connectivity index (χ3v) is 4.12. The number of ether oxygens (including phenoxy) is 2. The Kier molecular flexibility index (Phi) is 6.12. The Bertz CT molecular complexity index is 560. The van der Waals surface area contributed by atoms with Crippen molar-refractivity contribution in [2.45, 2.75) is 44.4 Å². The Labute approximate surface area is 135 Å². The number of hydrogen-bond acceptors (Lipinski definition) is 4. The molecule has 0 bridgehead atoms. The minimum Gasteiger partial charge on any atom is -0.478 e. The fourth-order valence-electron chi connectivity index (χ4n) is 2.89. The summed E-state index contributed by atoms with van der Waals surface area (Å²) in [5, 5.41) is 12.1. The quantitative estimate of drug-likeness (QED) is 0.760. The van der Waals surface area contributed by atoms with Crippen molar-refractivity contribution < 1.29 is 24.2 Å². The van der Waals surface area contributed by atoms with Crippen molar-refractivity contribution in [1.82, 2.24) is 5.32 Å². The van der Waals surface area contributed by atoms with Gasteiger partial charge in [-0.2, -0.15) is 0 Å². The number of carbonyl (C=O) groups excluding carboxylic acids is 1. The summed E-state index contributed by atoms with van der Waals surface area (Å²) in [6, 6.07) is 6.70. The average Bonchev–Trinajstić information content (AvgIpc) is 2.52. The molecule has 1 aromatic rings. The summed E-state index contributed by atoms with van der Waals surface area (Å²) < 4.78 is 10.9. The summed E-state index contributed by atoms with van der Waals surface area (Å²) >= 11 is 0. The molecule has 6 heteroatoms. The van der Waals surface area contributed by atoms with Crippen LogP contribution in [0.15, 0.2) is 24.3 Å². The van der Waals surface area contributed by atoms with E-state index in [1.807, 2.05) is 6.92 Å². The molecule has 1 aliphatic rings. The maximum Gasteiger partial charge on any atom is 0.335 e. The molecule has 3 unspecified atom stereocenters. The van der Waals surface area contributed by atoms with Gasteiger partial charge >= 0.3 is 5.97 Å². The van der Waals surface area contributed by atoms with Crippen LogP contribution in [0.3, 0.4) is 0 Å². The second-order valence-electron chi connectivity index (χ2n) is 5.57. The first-order valence-corrected chi connectivity index (χ1v) is 7.81. The van der Waals surface area contributed by atoms with E-state index in [1.165, 1.54) is 0 Å². The highest BCUT2D eigenvalue weighted by Crippen LogP contribution is 2.27. The van der Waals surface area contributed by atoms with Gasteiger partial charge in [0.1, 0.15) is 6.10 Å². The number of benzene rings is 1. The van der Waals surface area contributed by atoms with Gasteiger partial charge in [0.05, 0.1) is 17.7 Å². The lowest BCUT2D eigenvalue weighted by atomic mass is 9.85. The number of aryl methyl sites for hydroxylation is 1. The third-order valence-electron chi connectivity index (χ3n) is 4.12. The van der Waals surface area contributed by atoms with Gasteiger partial charge in [-0.3, -0.25) is 4.79 Å². The Morgan fingerprint density at radius 2 is 2.09 bits per heavy atom. The van der Waals surface area contributed by atoms with E-state index in [4.69, 9.17) is 14.6 Å². The van der Waals surface area contributed by atoms with Gasteiger partial charge in [-0.15, -0.1) is 0 Å². The number of carbonyl (C=O) groups is 2. The molecule has 1 saturated carbocycles. The largest absolute Gasteiger partial charge is 0.478 e. The van der Waals surface area contributed by atoms with Gasteiger partial charge < -0.3 is 19.9 Å². The molecule has 3 atom stereocenters. The van der Waals surface area contributed by atoms with Crippen molar-refractivity contribution in [1.29, 1.82) is 0 Å². The minimum atomic E-state index is -0.973. The van der Waals surface area contributed by atoms with Crippen molar-refractivity contribution >= 4 is 11.9 Å². The molecular formula is C17H23NO5. The van der Waals surface area contributed by atoms with Gasteiger partial charge in [-0.05, 0) is 31.4 Å². The summed E-state index contributed by atoms with van der Waals surface area (Å²) in [6.45, 7) is 2.55. The molecule has 0 aromatic heterocycles. The molecule has 2 N–H and O–H groups in total. The van der Waals surface area contributed by atoms with E-state index in [0.29, 0.717) is 18.6 Å². The van der Waals surface area contributed by atoms with Crippen LogP contribution in [0, 0.1) is 0 Å². The normalized spacial score (nSPS) is 23.1. The molecule has 0 spiro atoms. The van der Waals surface area contributed by atoms with Crippen LogP contribution in [0.4, 0.5) is 0 Å². The molecule has 0 heterocycles. The summed E-state index contributed by atoms with van der Waals surface area (Å²) in [4.78, 5) is 23.2. The molecule has 126 valence electrons. The van der Waals surface area contributed by atoms with Crippen LogP contribution in [-0.4, -0.2) is 48.9 Å². The summed E-state index contributed by atoms with van der Waals surface area (Å²) in [6.07, 6.45) is 1.29. The molecule has 1 aromatic carbocycles. The number of aromatic carboxylic acids is 1. The van der Waals surface area contributed by atoms with Crippen LogP contribution in [0.25, 0.3) is 0 Å². The molecular weight excluding hydrogens is 298 g/mol. The topological polar surface area (TPSA) is 84.9 Å². The number of amides is 1. The van der Waals surface area contributed by atoms with Gasteiger partial charge in [0.25, 0.3) is 0 Å². The fraction of sp³-hybridized carbons (Fsp3) is 0.529. The maximum absolute atomic E-state index is 12.1. The minimum absolute atomic E-state index is 0.0306. The molecule has 2 rings (SSSR count). The van der Waals surface area contributed by atoms with Crippen molar-refractivity contribution in [3.63, 3.8) is 0 Å². The van der Waals surface area contributed by atoms with Crippen LogP contribution < -0.4 is 5.32 Å². The van der Waals surface area contributed by atoms with Gasteiger partial charge in [0.15, 0.2) is 0 Å². The number of carboxylic acids is 1. The number of nitrogens with one attached hydrogen (secondary N) is 1. The van der Waals surface area contributed by atoms with E-state index in [1.54, 1.807) is 31.4 Å². The van der Waals surface area contributed by atoms with E-state index < -0.39 is 5.97 Å². The Morgan fingerprint density at radius 1 is 1.35 bits per heavy atom. The summed E-state index contributed by atoms with van der Waals surface area (Å²) in [7, 11) is 1.61.